The number of hydrogen-bond acceptors (Lipinski definition) is 2. The van der Waals surface area contributed by atoms with Crippen molar-refractivity contribution >= 4 is 0 Å². The lowest BCUT2D eigenvalue weighted by atomic mass is 9.98. The Morgan fingerprint density at radius 1 is 1.38 bits per heavy atom. The standard InChI is InChI=1S/C5H14N2.CH4/c1-5(2,3)4-7-6;/h7H,4,6H2,1-3H3;1H4. The van der Waals surface area contributed by atoms with Gasteiger partial charge in [-0.3, -0.25) is 11.3 Å². The Morgan fingerprint density at radius 2 is 1.75 bits per heavy atom. The molecular formula is C6H18N2. The maximum absolute atomic E-state index is 5.06. The Hall–Kier alpha value is -0.0800. The van der Waals surface area contributed by atoms with Crippen molar-refractivity contribution in [3.8, 4) is 0 Å². The van der Waals surface area contributed by atoms with Crippen molar-refractivity contribution in [2.24, 2.45) is 11.3 Å². The summed E-state index contributed by atoms with van der Waals surface area (Å²) in [7, 11) is 0. The molecule has 0 heterocycles. The highest BCUT2D eigenvalue weighted by Crippen LogP contribution is 2.08. The average molecular weight is 118 g/mol. The van der Waals surface area contributed by atoms with E-state index in [1.54, 1.807) is 0 Å². The van der Waals surface area contributed by atoms with Gasteiger partial charge in [0.2, 0.25) is 0 Å². The van der Waals surface area contributed by atoms with Gasteiger partial charge in [-0.25, -0.2) is 0 Å². The Balaban J connectivity index is 0. The molecule has 2 nitrogen and oxygen atoms in total. The van der Waals surface area contributed by atoms with Crippen LogP contribution < -0.4 is 11.3 Å². The first kappa shape index (κ1) is 10.8. The highest BCUT2D eigenvalue weighted by Gasteiger charge is 2.06. The summed E-state index contributed by atoms with van der Waals surface area (Å²) in [5, 5.41) is 0. The van der Waals surface area contributed by atoms with Gasteiger partial charge in [-0.15, -0.1) is 0 Å². The lowest BCUT2D eigenvalue weighted by molar-refractivity contribution is 0.384. The molecule has 0 aliphatic heterocycles. The van der Waals surface area contributed by atoms with Crippen molar-refractivity contribution in [1.29, 1.82) is 0 Å². The van der Waals surface area contributed by atoms with E-state index in [0.29, 0.717) is 5.41 Å². The molecule has 0 aliphatic carbocycles. The Kier molecular flexibility index (Phi) is 5.23. The highest BCUT2D eigenvalue weighted by molar-refractivity contribution is 4.61. The minimum atomic E-state index is 0. The molecule has 52 valence electrons. The zero-order valence-electron chi connectivity index (χ0n) is 5.28. The Bertz CT molecular complexity index is 45.0. The largest absolute Gasteiger partial charge is 0.271 e. The minimum Gasteiger partial charge on any atom is -0.271 e. The van der Waals surface area contributed by atoms with Crippen LogP contribution in [0.2, 0.25) is 0 Å². The summed E-state index contributed by atoms with van der Waals surface area (Å²) in [4.78, 5) is 0. The van der Waals surface area contributed by atoms with Gasteiger partial charge in [0.25, 0.3) is 0 Å². The molecule has 8 heavy (non-hydrogen) atoms. The predicted molar refractivity (Wildman–Crippen MR) is 38.4 cm³/mol. The summed E-state index contributed by atoms with van der Waals surface area (Å²) in [5.41, 5.74) is 2.92. The lowest BCUT2D eigenvalue weighted by Gasteiger charge is -2.15. The summed E-state index contributed by atoms with van der Waals surface area (Å²) < 4.78 is 0. The quantitative estimate of drug-likeness (QED) is 0.400. The molecule has 0 aromatic heterocycles. The van der Waals surface area contributed by atoms with Crippen molar-refractivity contribution in [3.05, 3.63) is 0 Å². The van der Waals surface area contributed by atoms with E-state index >= 15 is 0 Å². The molecule has 0 radical (unpaired) electrons. The zero-order chi connectivity index (χ0) is 5.91. The van der Waals surface area contributed by atoms with E-state index in [9.17, 15) is 0 Å². The molecule has 0 atom stereocenters. The van der Waals surface area contributed by atoms with Gasteiger partial charge in [0.05, 0.1) is 0 Å². The smallest absolute Gasteiger partial charge is 0.0146 e. The van der Waals surface area contributed by atoms with Crippen molar-refractivity contribution in [2.45, 2.75) is 28.2 Å². The molecular weight excluding hydrogens is 100 g/mol. The second-order valence-corrected chi connectivity index (χ2v) is 2.94. The highest BCUT2D eigenvalue weighted by atomic mass is 15.2. The molecule has 0 aromatic rings. The molecule has 3 N–H and O–H groups in total. The van der Waals surface area contributed by atoms with E-state index in [1.807, 2.05) is 0 Å². The number of hydrazine groups is 1. The van der Waals surface area contributed by atoms with Crippen LogP contribution >= 0.6 is 0 Å². The third-order valence-corrected chi connectivity index (χ3v) is 0.632. The topological polar surface area (TPSA) is 38.0 Å². The van der Waals surface area contributed by atoms with Crippen LogP contribution in [-0.4, -0.2) is 6.54 Å². The molecule has 0 saturated carbocycles. The summed E-state index contributed by atoms with van der Waals surface area (Å²) in [6, 6.07) is 0. The summed E-state index contributed by atoms with van der Waals surface area (Å²) in [6.07, 6.45) is 0. The van der Waals surface area contributed by atoms with Crippen molar-refractivity contribution in [1.82, 2.24) is 5.43 Å². The number of nitrogens with one attached hydrogen (secondary N) is 1. The van der Waals surface area contributed by atoms with Gasteiger partial charge in [0, 0.05) is 6.54 Å². The van der Waals surface area contributed by atoms with Crippen LogP contribution in [0.4, 0.5) is 0 Å². The van der Waals surface area contributed by atoms with Crippen LogP contribution in [0.3, 0.4) is 0 Å². The van der Waals surface area contributed by atoms with Gasteiger partial charge < -0.3 is 0 Å². The number of hydrogen-bond donors (Lipinski definition) is 2. The second-order valence-electron chi connectivity index (χ2n) is 2.94. The van der Waals surface area contributed by atoms with Crippen molar-refractivity contribution in [3.63, 3.8) is 0 Å². The van der Waals surface area contributed by atoms with E-state index in [4.69, 9.17) is 5.84 Å². The first-order valence-electron chi connectivity index (χ1n) is 2.50. The van der Waals surface area contributed by atoms with Gasteiger partial charge in [-0.1, -0.05) is 28.2 Å². The van der Waals surface area contributed by atoms with Crippen LogP contribution in [0.5, 0.6) is 0 Å². The van der Waals surface area contributed by atoms with Gasteiger partial charge in [-0.05, 0) is 5.41 Å². The third kappa shape index (κ3) is 9.33. The molecule has 0 spiro atoms. The monoisotopic (exact) mass is 118 g/mol. The average Bonchev–Trinajstić information content (AvgIpc) is 1.30. The molecule has 0 aliphatic rings. The third-order valence-electron chi connectivity index (χ3n) is 0.632. The van der Waals surface area contributed by atoms with Crippen LogP contribution in [0, 0.1) is 5.41 Å². The molecule has 0 rings (SSSR count). The van der Waals surface area contributed by atoms with Crippen molar-refractivity contribution < 1.29 is 0 Å². The minimum absolute atomic E-state index is 0. The SMILES string of the molecule is C.CC(C)(C)CNN. The Labute approximate surface area is 52.4 Å². The molecule has 0 amide bonds. The van der Waals surface area contributed by atoms with Crippen LogP contribution in [0.15, 0.2) is 0 Å². The fraction of sp³-hybridized carbons (Fsp3) is 1.00. The molecule has 0 bridgehead atoms. The van der Waals surface area contributed by atoms with E-state index in [0.717, 1.165) is 6.54 Å². The van der Waals surface area contributed by atoms with Gasteiger partial charge >= 0.3 is 0 Å². The van der Waals surface area contributed by atoms with Crippen LogP contribution in [0.1, 0.15) is 28.2 Å². The van der Waals surface area contributed by atoms with Gasteiger partial charge in [0.1, 0.15) is 0 Å². The fourth-order valence-electron chi connectivity index (χ4n) is 0.306. The second kappa shape index (κ2) is 3.87. The molecule has 2 heteroatoms. The molecule has 0 unspecified atom stereocenters. The fourth-order valence-corrected chi connectivity index (χ4v) is 0.306. The maximum Gasteiger partial charge on any atom is 0.0146 e. The first-order chi connectivity index (χ1) is 3.06. The number of rotatable bonds is 1. The number of nitrogens with two attached hydrogens (primary N) is 1. The van der Waals surface area contributed by atoms with E-state index < -0.39 is 0 Å². The summed E-state index contributed by atoms with van der Waals surface area (Å²) >= 11 is 0. The summed E-state index contributed by atoms with van der Waals surface area (Å²) in [6.45, 7) is 7.26. The van der Waals surface area contributed by atoms with Crippen LogP contribution in [-0.2, 0) is 0 Å². The zero-order valence-corrected chi connectivity index (χ0v) is 5.28. The van der Waals surface area contributed by atoms with Crippen LogP contribution in [0.25, 0.3) is 0 Å². The predicted octanol–water partition coefficient (Wildman–Crippen LogP) is 1.13. The molecule has 0 saturated heterocycles. The molecule has 0 aromatic carbocycles. The van der Waals surface area contributed by atoms with E-state index in [2.05, 4.69) is 26.2 Å². The van der Waals surface area contributed by atoms with E-state index in [-0.39, 0.29) is 7.43 Å². The van der Waals surface area contributed by atoms with Gasteiger partial charge in [-0.2, -0.15) is 0 Å². The summed E-state index contributed by atoms with van der Waals surface area (Å²) in [5.74, 6) is 5.06. The molecule has 0 fully saturated rings. The first-order valence-corrected chi connectivity index (χ1v) is 2.50. The van der Waals surface area contributed by atoms with Crippen molar-refractivity contribution in [2.75, 3.05) is 6.54 Å². The lowest BCUT2D eigenvalue weighted by Crippen LogP contribution is -2.31. The Morgan fingerprint density at radius 3 is 1.75 bits per heavy atom. The normalized spacial score (nSPS) is 10.5. The maximum atomic E-state index is 5.06. The van der Waals surface area contributed by atoms with E-state index in [1.165, 1.54) is 0 Å². The van der Waals surface area contributed by atoms with Gasteiger partial charge in [0.15, 0.2) is 0 Å².